The van der Waals surface area contributed by atoms with E-state index in [4.69, 9.17) is 0 Å². The summed E-state index contributed by atoms with van der Waals surface area (Å²) in [6, 6.07) is 18.4. The molecule has 7 nitrogen and oxygen atoms in total. The molecule has 1 aromatic heterocycles. The minimum atomic E-state index is -0.0350. The average molecular weight is 534 g/mol. The van der Waals surface area contributed by atoms with Crippen LogP contribution in [0.4, 0.5) is 0 Å². The lowest BCUT2D eigenvalue weighted by atomic mass is 9.91. The van der Waals surface area contributed by atoms with Gasteiger partial charge in [0, 0.05) is 49.8 Å². The molecule has 1 aliphatic heterocycles. The largest absolute Gasteiger partial charge is 0.339 e. The van der Waals surface area contributed by atoms with Crippen LogP contribution in [0.1, 0.15) is 52.5 Å². The van der Waals surface area contributed by atoms with E-state index in [9.17, 15) is 9.59 Å². The lowest BCUT2D eigenvalue weighted by Crippen LogP contribution is -2.55. The zero-order chi connectivity index (χ0) is 27.3. The highest BCUT2D eigenvalue weighted by molar-refractivity contribution is 7.99. The number of rotatable bonds is 8. The van der Waals surface area contributed by atoms with E-state index in [2.05, 4.69) is 54.6 Å². The van der Waals surface area contributed by atoms with E-state index in [1.54, 1.807) is 11.8 Å². The molecule has 8 heteroatoms. The van der Waals surface area contributed by atoms with E-state index < -0.39 is 0 Å². The van der Waals surface area contributed by atoms with Crippen molar-refractivity contribution in [2.45, 2.75) is 65.1 Å². The second-order valence-electron chi connectivity index (χ2n) is 11.3. The van der Waals surface area contributed by atoms with Crippen LogP contribution in [-0.2, 0) is 9.59 Å². The molecular weight excluding hydrogens is 494 g/mol. The Morgan fingerprint density at radius 1 is 0.974 bits per heavy atom. The van der Waals surface area contributed by atoms with Crippen molar-refractivity contribution in [2.24, 2.45) is 5.41 Å². The first kappa shape index (κ1) is 27.9. The summed E-state index contributed by atoms with van der Waals surface area (Å²) in [5, 5.41) is 9.87. The second-order valence-corrected chi connectivity index (χ2v) is 12.3. The van der Waals surface area contributed by atoms with Crippen LogP contribution in [0.25, 0.3) is 17.1 Å². The van der Waals surface area contributed by atoms with Gasteiger partial charge in [-0.1, -0.05) is 81.1 Å². The fourth-order valence-corrected chi connectivity index (χ4v) is 5.71. The summed E-state index contributed by atoms with van der Waals surface area (Å²) in [7, 11) is 0. The van der Waals surface area contributed by atoms with Crippen molar-refractivity contribution in [1.82, 2.24) is 24.6 Å². The maximum atomic E-state index is 13.0. The van der Waals surface area contributed by atoms with Gasteiger partial charge in [0.2, 0.25) is 11.8 Å². The predicted octanol–water partition coefficient (Wildman–Crippen LogP) is 5.61. The number of aryl methyl sites for hydroxylation is 1. The Balaban J connectivity index is 1.35. The van der Waals surface area contributed by atoms with Crippen molar-refractivity contribution < 1.29 is 9.59 Å². The summed E-state index contributed by atoms with van der Waals surface area (Å²) in [6.07, 6.45) is 1.77. The maximum Gasteiger partial charge on any atom is 0.223 e. The van der Waals surface area contributed by atoms with Gasteiger partial charge in [0.25, 0.3) is 0 Å². The number of para-hydroxylation sites is 1. The van der Waals surface area contributed by atoms with E-state index in [1.807, 2.05) is 59.2 Å². The van der Waals surface area contributed by atoms with Crippen LogP contribution in [0, 0.1) is 12.3 Å². The molecule has 1 saturated heterocycles. The van der Waals surface area contributed by atoms with E-state index >= 15 is 0 Å². The van der Waals surface area contributed by atoms with E-state index in [1.165, 1.54) is 0 Å². The zero-order valence-corrected chi connectivity index (χ0v) is 24.0. The highest BCUT2D eigenvalue weighted by Crippen LogP contribution is 2.30. The molecular formula is C30H39N5O2S. The van der Waals surface area contributed by atoms with E-state index in [-0.39, 0.29) is 23.3 Å². The van der Waals surface area contributed by atoms with Crippen molar-refractivity contribution in [1.29, 1.82) is 0 Å². The molecule has 1 aliphatic rings. The predicted molar refractivity (Wildman–Crippen MR) is 153 cm³/mol. The highest BCUT2D eigenvalue weighted by Gasteiger charge is 2.31. The first-order chi connectivity index (χ1) is 18.1. The van der Waals surface area contributed by atoms with Crippen molar-refractivity contribution in [3.05, 3.63) is 60.2 Å². The first-order valence-corrected chi connectivity index (χ1v) is 14.4. The molecule has 0 spiro atoms. The summed E-state index contributed by atoms with van der Waals surface area (Å²) in [5.74, 6) is 1.92. The molecule has 202 valence electrons. The average Bonchev–Trinajstić information content (AvgIpc) is 3.29. The molecule has 0 saturated carbocycles. The minimum absolute atomic E-state index is 0.0350. The van der Waals surface area contributed by atoms with Crippen molar-refractivity contribution in [3.63, 3.8) is 0 Å². The number of nitrogens with zero attached hydrogens (tertiary/aromatic N) is 5. The Hall–Kier alpha value is -3.13. The number of hydrogen-bond acceptors (Lipinski definition) is 5. The second kappa shape index (κ2) is 12.2. The topological polar surface area (TPSA) is 71.3 Å². The van der Waals surface area contributed by atoms with Gasteiger partial charge in [-0.05, 0) is 37.3 Å². The SMILES string of the molecule is Cc1ccccc1-n1c(SCCCC(=O)N2CCN(C(=O)CC(C)(C)C)C(C)C2)nnc1-c1ccccc1. The molecule has 1 fully saturated rings. The minimum Gasteiger partial charge on any atom is -0.339 e. The number of carbonyl (C=O) groups is 2. The molecule has 0 N–H and O–H groups in total. The van der Waals surface area contributed by atoms with Crippen LogP contribution in [0.15, 0.2) is 59.8 Å². The molecule has 4 rings (SSSR count). The van der Waals surface area contributed by atoms with Gasteiger partial charge in [-0.2, -0.15) is 0 Å². The van der Waals surface area contributed by atoms with Gasteiger partial charge < -0.3 is 9.80 Å². The molecule has 1 atom stereocenters. The number of hydrogen-bond donors (Lipinski definition) is 0. The Labute approximate surface area is 230 Å². The van der Waals surface area contributed by atoms with Gasteiger partial charge in [0.05, 0.1) is 5.69 Å². The molecule has 38 heavy (non-hydrogen) atoms. The summed E-state index contributed by atoms with van der Waals surface area (Å²) >= 11 is 1.63. The number of carbonyl (C=O) groups excluding carboxylic acids is 2. The normalized spacial score (nSPS) is 16.1. The Morgan fingerprint density at radius 2 is 1.68 bits per heavy atom. The number of benzene rings is 2. The molecule has 0 bridgehead atoms. The Bertz CT molecular complexity index is 1250. The fourth-order valence-electron chi connectivity index (χ4n) is 4.82. The third-order valence-corrected chi connectivity index (χ3v) is 7.79. The molecule has 0 radical (unpaired) electrons. The van der Waals surface area contributed by atoms with Crippen LogP contribution >= 0.6 is 11.8 Å². The third-order valence-electron chi connectivity index (χ3n) is 6.77. The van der Waals surface area contributed by atoms with Gasteiger partial charge in [-0.25, -0.2) is 0 Å². The van der Waals surface area contributed by atoms with Crippen molar-refractivity contribution in [3.8, 4) is 17.1 Å². The van der Waals surface area contributed by atoms with Gasteiger partial charge in [-0.15, -0.1) is 10.2 Å². The van der Waals surface area contributed by atoms with Crippen molar-refractivity contribution >= 4 is 23.6 Å². The van der Waals surface area contributed by atoms with Crippen molar-refractivity contribution in [2.75, 3.05) is 25.4 Å². The molecule has 3 aromatic rings. The summed E-state index contributed by atoms with van der Waals surface area (Å²) in [5.41, 5.74) is 3.19. The lowest BCUT2D eigenvalue weighted by molar-refractivity contribution is -0.143. The van der Waals surface area contributed by atoms with Crippen LogP contribution in [0.3, 0.4) is 0 Å². The number of piperazine rings is 1. The molecule has 1 unspecified atom stereocenters. The Kier molecular flexibility index (Phi) is 8.92. The van der Waals surface area contributed by atoms with Crippen LogP contribution in [-0.4, -0.2) is 67.8 Å². The van der Waals surface area contributed by atoms with Gasteiger partial charge in [0.15, 0.2) is 11.0 Å². The Morgan fingerprint density at radius 3 is 2.37 bits per heavy atom. The van der Waals surface area contributed by atoms with Gasteiger partial charge in [-0.3, -0.25) is 14.2 Å². The summed E-state index contributed by atoms with van der Waals surface area (Å²) in [4.78, 5) is 29.5. The maximum absolute atomic E-state index is 13.0. The smallest absolute Gasteiger partial charge is 0.223 e. The van der Waals surface area contributed by atoms with Gasteiger partial charge >= 0.3 is 0 Å². The van der Waals surface area contributed by atoms with Crippen LogP contribution < -0.4 is 0 Å². The zero-order valence-electron chi connectivity index (χ0n) is 23.2. The number of amides is 2. The van der Waals surface area contributed by atoms with E-state index in [0.717, 1.165) is 40.0 Å². The van der Waals surface area contributed by atoms with Crippen LogP contribution in [0.5, 0.6) is 0 Å². The standard InChI is InChI=1S/C30H39N5O2S/c1-22-12-9-10-15-25(22)35-28(24-13-7-6-8-14-24)31-32-29(35)38-19-11-16-26(36)33-17-18-34(23(2)21-33)27(37)20-30(3,4)5/h6-10,12-15,23H,11,16-21H2,1-5H3. The molecule has 2 heterocycles. The molecule has 2 amide bonds. The summed E-state index contributed by atoms with van der Waals surface area (Å²) in [6.45, 7) is 12.2. The fraction of sp³-hybridized carbons (Fsp3) is 0.467. The van der Waals surface area contributed by atoms with Gasteiger partial charge in [0.1, 0.15) is 0 Å². The third kappa shape index (κ3) is 6.84. The number of aromatic nitrogens is 3. The first-order valence-electron chi connectivity index (χ1n) is 13.4. The number of thioether (sulfide) groups is 1. The van der Waals surface area contributed by atoms with E-state index in [0.29, 0.717) is 32.5 Å². The quantitative estimate of drug-likeness (QED) is 0.278. The lowest BCUT2D eigenvalue weighted by Gasteiger charge is -2.41. The highest BCUT2D eigenvalue weighted by atomic mass is 32.2. The summed E-state index contributed by atoms with van der Waals surface area (Å²) < 4.78 is 2.12. The van der Waals surface area contributed by atoms with Crippen LogP contribution in [0.2, 0.25) is 0 Å². The monoisotopic (exact) mass is 533 g/mol. The molecule has 0 aliphatic carbocycles. The molecule has 2 aromatic carbocycles.